The van der Waals surface area contributed by atoms with Crippen molar-refractivity contribution in [1.29, 1.82) is 0 Å². The zero-order valence-electron chi connectivity index (χ0n) is 18.3. The number of para-hydroxylation sites is 1. The van der Waals surface area contributed by atoms with E-state index in [4.69, 9.17) is 9.47 Å². The molecule has 2 unspecified atom stereocenters. The molecule has 6 nitrogen and oxygen atoms in total. The number of rotatable bonds is 5. The number of nitrogens with zero attached hydrogens (tertiary/aromatic N) is 2. The van der Waals surface area contributed by atoms with Gasteiger partial charge >= 0.3 is 0 Å². The van der Waals surface area contributed by atoms with E-state index in [1.165, 1.54) is 0 Å². The van der Waals surface area contributed by atoms with Crippen LogP contribution in [0.5, 0.6) is 11.5 Å². The lowest BCUT2D eigenvalue weighted by Gasteiger charge is -2.40. The van der Waals surface area contributed by atoms with Crippen molar-refractivity contribution in [2.45, 2.75) is 32.4 Å². The van der Waals surface area contributed by atoms with Crippen molar-refractivity contribution in [2.75, 3.05) is 24.4 Å². The molecule has 0 saturated carbocycles. The summed E-state index contributed by atoms with van der Waals surface area (Å²) in [5.74, 6) is 1.91. The zero-order valence-corrected chi connectivity index (χ0v) is 18.3. The number of hydrogen-bond donors (Lipinski definition) is 1. The molecule has 1 aromatic heterocycles. The molecule has 1 aliphatic heterocycles. The van der Waals surface area contributed by atoms with E-state index in [1.807, 2.05) is 48.2 Å². The van der Waals surface area contributed by atoms with Crippen LogP contribution in [-0.4, -0.2) is 31.2 Å². The molecular formula is C25H27N3O3. The quantitative estimate of drug-likeness (QED) is 0.633. The molecule has 6 heteroatoms. The van der Waals surface area contributed by atoms with Gasteiger partial charge in [-0.2, -0.15) is 0 Å². The van der Waals surface area contributed by atoms with Gasteiger partial charge in [0.15, 0.2) is 11.5 Å². The Hall–Kier alpha value is -3.54. The maximum absolute atomic E-state index is 13.5. The predicted octanol–water partition coefficient (Wildman–Crippen LogP) is 5.00. The lowest BCUT2D eigenvalue weighted by atomic mass is 9.91. The fourth-order valence-electron chi connectivity index (χ4n) is 4.17. The van der Waals surface area contributed by atoms with Gasteiger partial charge in [-0.1, -0.05) is 24.3 Å². The van der Waals surface area contributed by atoms with Crippen LogP contribution in [0.2, 0.25) is 0 Å². The molecular weight excluding hydrogens is 390 g/mol. The second kappa shape index (κ2) is 8.68. The van der Waals surface area contributed by atoms with E-state index >= 15 is 0 Å². The molecule has 0 fully saturated rings. The van der Waals surface area contributed by atoms with Crippen LogP contribution in [0.25, 0.3) is 0 Å². The highest BCUT2D eigenvalue weighted by Crippen LogP contribution is 2.40. The molecule has 31 heavy (non-hydrogen) atoms. The lowest BCUT2D eigenvalue weighted by molar-refractivity contribution is 0.0973. The fraction of sp³-hybridized carbons (Fsp3) is 0.280. The fourth-order valence-corrected chi connectivity index (χ4v) is 4.17. The number of hydrogen-bond acceptors (Lipinski definition) is 5. The van der Waals surface area contributed by atoms with Crippen molar-refractivity contribution in [2.24, 2.45) is 0 Å². The Morgan fingerprint density at radius 3 is 2.55 bits per heavy atom. The Labute approximate surface area is 182 Å². The van der Waals surface area contributed by atoms with Crippen molar-refractivity contribution in [3.05, 3.63) is 77.5 Å². The number of fused-ring (bicyclic) bond motifs is 1. The minimum absolute atomic E-state index is 0.00203. The van der Waals surface area contributed by atoms with Crippen LogP contribution < -0.4 is 19.7 Å². The molecule has 0 radical (unpaired) electrons. The van der Waals surface area contributed by atoms with Gasteiger partial charge in [0.25, 0.3) is 5.91 Å². The summed E-state index contributed by atoms with van der Waals surface area (Å²) in [6.45, 7) is 4.05. The first-order valence-corrected chi connectivity index (χ1v) is 10.4. The van der Waals surface area contributed by atoms with E-state index in [1.54, 1.807) is 32.4 Å². The second-order valence-electron chi connectivity index (χ2n) is 7.75. The average Bonchev–Trinajstić information content (AvgIpc) is 2.78. The summed E-state index contributed by atoms with van der Waals surface area (Å²) in [6, 6.07) is 19.3. The molecule has 2 atom stereocenters. The highest BCUT2D eigenvalue weighted by atomic mass is 16.5. The standard InChI is InChI=1S/C25H27N3O3/c1-16-8-7-11-24(26-16)27-20-14-17(2)28(21-10-6-5-9-19(20)21)25(29)18-12-13-22(30-3)23(15-18)31-4/h5-13,15,17,20H,14H2,1-4H3,(H,26,27). The number of pyridine rings is 1. The number of methoxy groups -OCH3 is 2. The van der Waals surface area contributed by atoms with Gasteiger partial charge in [0.2, 0.25) is 0 Å². The second-order valence-corrected chi connectivity index (χ2v) is 7.75. The Balaban J connectivity index is 1.68. The number of anilines is 2. The number of nitrogens with one attached hydrogen (secondary N) is 1. The summed E-state index contributed by atoms with van der Waals surface area (Å²) in [7, 11) is 3.15. The molecule has 2 heterocycles. The van der Waals surface area contributed by atoms with Gasteiger partial charge in [0.1, 0.15) is 5.82 Å². The van der Waals surface area contributed by atoms with Crippen LogP contribution in [-0.2, 0) is 0 Å². The Bertz CT molecular complexity index is 1100. The van der Waals surface area contributed by atoms with Gasteiger partial charge in [-0.3, -0.25) is 4.79 Å². The average molecular weight is 418 g/mol. The number of carbonyl (C=O) groups excluding carboxylic acids is 1. The van der Waals surface area contributed by atoms with E-state index in [0.29, 0.717) is 17.1 Å². The summed E-state index contributed by atoms with van der Waals surface area (Å²) in [4.78, 5) is 20.0. The molecule has 0 aliphatic carbocycles. The van der Waals surface area contributed by atoms with Crippen molar-refractivity contribution >= 4 is 17.4 Å². The molecule has 160 valence electrons. The third-order valence-corrected chi connectivity index (χ3v) is 5.65. The minimum Gasteiger partial charge on any atom is -0.493 e. The Morgan fingerprint density at radius 1 is 1.03 bits per heavy atom. The number of amides is 1. The molecule has 2 aromatic carbocycles. The zero-order chi connectivity index (χ0) is 22.0. The summed E-state index contributed by atoms with van der Waals surface area (Å²) < 4.78 is 10.7. The molecule has 1 N–H and O–H groups in total. The van der Waals surface area contributed by atoms with Crippen LogP contribution in [0, 0.1) is 6.92 Å². The summed E-state index contributed by atoms with van der Waals surface area (Å²) in [6.07, 6.45) is 0.770. The van der Waals surface area contributed by atoms with Crippen molar-refractivity contribution in [3.63, 3.8) is 0 Å². The number of benzene rings is 2. The third kappa shape index (κ3) is 4.06. The summed E-state index contributed by atoms with van der Waals surface area (Å²) in [5, 5.41) is 3.56. The first-order valence-electron chi connectivity index (χ1n) is 10.4. The highest BCUT2D eigenvalue weighted by molar-refractivity contribution is 6.07. The number of aryl methyl sites for hydroxylation is 1. The number of ether oxygens (including phenoxy) is 2. The Morgan fingerprint density at radius 2 is 1.81 bits per heavy atom. The summed E-state index contributed by atoms with van der Waals surface area (Å²) in [5.41, 5.74) is 3.52. The van der Waals surface area contributed by atoms with Gasteiger partial charge < -0.3 is 19.7 Å². The first kappa shape index (κ1) is 20.7. The van der Waals surface area contributed by atoms with Gasteiger partial charge in [0.05, 0.1) is 20.3 Å². The molecule has 1 amide bonds. The molecule has 0 saturated heterocycles. The molecule has 1 aliphatic rings. The third-order valence-electron chi connectivity index (χ3n) is 5.65. The minimum atomic E-state index is -0.0620. The number of carbonyl (C=O) groups is 1. The SMILES string of the molecule is COc1ccc(C(=O)N2c3ccccc3C(Nc3cccc(C)n3)CC2C)cc1OC. The van der Waals surface area contributed by atoms with Crippen molar-refractivity contribution in [1.82, 2.24) is 4.98 Å². The molecule has 4 rings (SSSR count). The van der Waals surface area contributed by atoms with Crippen LogP contribution in [0.3, 0.4) is 0 Å². The van der Waals surface area contributed by atoms with Gasteiger partial charge in [-0.25, -0.2) is 4.98 Å². The highest BCUT2D eigenvalue weighted by Gasteiger charge is 2.34. The van der Waals surface area contributed by atoms with E-state index in [0.717, 1.165) is 29.2 Å². The van der Waals surface area contributed by atoms with Crippen LogP contribution in [0.1, 0.15) is 41.0 Å². The van der Waals surface area contributed by atoms with Gasteiger partial charge in [0, 0.05) is 23.0 Å². The largest absolute Gasteiger partial charge is 0.493 e. The topological polar surface area (TPSA) is 63.7 Å². The smallest absolute Gasteiger partial charge is 0.258 e. The molecule has 0 spiro atoms. The maximum Gasteiger partial charge on any atom is 0.258 e. The monoisotopic (exact) mass is 417 g/mol. The van der Waals surface area contributed by atoms with Crippen LogP contribution >= 0.6 is 0 Å². The first-order chi connectivity index (χ1) is 15.0. The van der Waals surface area contributed by atoms with Crippen LogP contribution in [0.15, 0.2) is 60.7 Å². The van der Waals surface area contributed by atoms with E-state index < -0.39 is 0 Å². The lowest BCUT2D eigenvalue weighted by Crippen LogP contribution is -2.44. The van der Waals surface area contributed by atoms with E-state index in [-0.39, 0.29) is 18.0 Å². The van der Waals surface area contributed by atoms with Crippen molar-refractivity contribution < 1.29 is 14.3 Å². The van der Waals surface area contributed by atoms with Crippen LogP contribution in [0.4, 0.5) is 11.5 Å². The normalized spacial score (nSPS) is 17.6. The van der Waals surface area contributed by atoms with Gasteiger partial charge in [-0.15, -0.1) is 0 Å². The summed E-state index contributed by atoms with van der Waals surface area (Å²) >= 11 is 0. The van der Waals surface area contributed by atoms with Crippen molar-refractivity contribution in [3.8, 4) is 11.5 Å². The Kier molecular flexibility index (Phi) is 5.80. The van der Waals surface area contributed by atoms with Gasteiger partial charge in [-0.05, 0) is 62.2 Å². The van der Waals surface area contributed by atoms with E-state index in [9.17, 15) is 4.79 Å². The number of aromatic nitrogens is 1. The molecule has 0 bridgehead atoms. The molecule has 3 aromatic rings. The maximum atomic E-state index is 13.5. The van der Waals surface area contributed by atoms with E-state index in [2.05, 4.69) is 23.3 Å². The predicted molar refractivity (Wildman–Crippen MR) is 122 cm³/mol.